The summed E-state index contributed by atoms with van der Waals surface area (Å²) in [5.74, 6) is -0.532. The van der Waals surface area contributed by atoms with Crippen LogP contribution in [0.2, 0.25) is 0 Å². The summed E-state index contributed by atoms with van der Waals surface area (Å²) < 4.78 is 18.6. The highest BCUT2D eigenvalue weighted by atomic mass is 19.1. The van der Waals surface area contributed by atoms with Crippen molar-refractivity contribution in [2.45, 2.75) is 20.8 Å². The van der Waals surface area contributed by atoms with Gasteiger partial charge in [0.1, 0.15) is 5.82 Å². The monoisotopic (exact) mass is 395 g/mol. The first kappa shape index (κ1) is 20.3. The van der Waals surface area contributed by atoms with Gasteiger partial charge in [-0.15, -0.1) is 0 Å². The van der Waals surface area contributed by atoms with Crippen LogP contribution in [0.1, 0.15) is 29.9 Å². The summed E-state index contributed by atoms with van der Waals surface area (Å²) in [6.07, 6.45) is -0.556. The molecule has 7 heteroatoms. The fourth-order valence-electron chi connectivity index (χ4n) is 2.79. The van der Waals surface area contributed by atoms with Gasteiger partial charge in [-0.1, -0.05) is 19.9 Å². The van der Waals surface area contributed by atoms with Crippen LogP contribution in [-0.4, -0.2) is 23.6 Å². The summed E-state index contributed by atoms with van der Waals surface area (Å²) in [6, 6.07) is 12.5. The maximum atomic E-state index is 13.5. The summed E-state index contributed by atoms with van der Waals surface area (Å²) in [5.41, 5.74) is 2.41. The Morgan fingerprint density at radius 1 is 1.07 bits per heavy atom. The van der Waals surface area contributed by atoms with Crippen molar-refractivity contribution >= 4 is 34.3 Å². The quantitative estimate of drug-likeness (QED) is 0.627. The lowest BCUT2D eigenvalue weighted by molar-refractivity contribution is 0.102. The number of hydrogen-bond acceptors (Lipinski definition) is 4. The van der Waals surface area contributed by atoms with E-state index in [1.54, 1.807) is 37.3 Å². The van der Waals surface area contributed by atoms with Gasteiger partial charge in [-0.3, -0.25) is 15.1 Å². The number of pyridine rings is 1. The minimum absolute atomic E-state index is 0.235. The van der Waals surface area contributed by atoms with Crippen molar-refractivity contribution in [1.82, 2.24) is 4.98 Å². The van der Waals surface area contributed by atoms with E-state index in [4.69, 9.17) is 4.74 Å². The van der Waals surface area contributed by atoms with Crippen molar-refractivity contribution in [1.29, 1.82) is 0 Å². The first-order valence-electron chi connectivity index (χ1n) is 9.24. The predicted molar refractivity (Wildman–Crippen MR) is 111 cm³/mol. The van der Waals surface area contributed by atoms with E-state index in [0.717, 1.165) is 0 Å². The van der Waals surface area contributed by atoms with Gasteiger partial charge in [0.25, 0.3) is 5.91 Å². The van der Waals surface area contributed by atoms with Gasteiger partial charge in [0.2, 0.25) is 0 Å². The van der Waals surface area contributed by atoms with E-state index in [2.05, 4.69) is 15.6 Å². The van der Waals surface area contributed by atoms with Crippen LogP contribution in [0.4, 0.5) is 20.6 Å². The van der Waals surface area contributed by atoms with Crippen LogP contribution < -0.4 is 10.6 Å². The second-order valence-corrected chi connectivity index (χ2v) is 7.12. The zero-order chi connectivity index (χ0) is 21.0. The highest BCUT2D eigenvalue weighted by molar-refractivity contribution is 6.12. The fraction of sp³-hybridized carbons (Fsp3) is 0.227. The molecular formula is C22H22FN3O3. The first-order chi connectivity index (χ1) is 13.8. The van der Waals surface area contributed by atoms with Gasteiger partial charge in [0.05, 0.1) is 17.7 Å². The minimum Gasteiger partial charge on any atom is -0.449 e. The number of aryl methyl sites for hydroxylation is 1. The third-order valence-corrected chi connectivity index (χ3v) is 4.06. The van der Waals surface area contributed by atoms with Gasteiger partial charge in [0, 0.05) is 28.5 Å². The third kappa shape index (κ3) is 5.28. The van der Waals surface area contributed by atoms with Gasteiger partial charge >= 0.3 is 6.09 Å². The Balaban J connectivity index is 1.78. The first-order valence-corrected chi connectivity index (χ1v) is 9.24. The van der Waals surface area contributed by atoms with Gasteiger partial charge in [-0.2, -0.15) is 0 Å². The number of aromatic nitrogens is 1. The molecule has 150 valence electrons. The van der Waals surface area contributed by atoms with Crippen molar-refractivity contribution in [2.75, 3.05) is 17.2 Å². The molecule has 0 saturated heterocycles. The van der Waals surface area contributed by atoms with Crippen molar-refractivity contribution in [2.24, 2.45) is 5.92 Å². The van der Waals surface area contributed by atoms with Crippen LogP contribution in [0.5, 0.6) is 0 Å². The van der Waals surface area contributed by atoms with E-state index in [9.17, 15) is 14.0 Å². The molecular weight excluding hydrogens is 373 g/mol. The number of anilines is 2. The number of carbonyl (C=O) groups excluding carboxylic acids is 2. The molecule has 29 heavy (non-hydrogen) atoms. The Labute approximate surface area is 168 Å². The maximum absolute atomic E-state index is 13.5. The molecule has 3 rings (SSSR count). The molecule has 2 amide bonds. The predicted octanol–water partition coefficient (Wildman–Crippen LogP) is 5.14. The molecule has 0 aliphatic heterocycles. The Morgan fingerprint density at radius 2 is 1.79 bits per heavy atom. The molecule has 0 unspecified atom stereocenters. The smallest absolute Gasteiger partial charge is 0.411 e. The van der Waals surface area contributed by atoms with Gasteiger partial charge in [-0.25, -0.2) is 9.18 Å². The molecule has 0 saturated carbocycles. The van der Waals surface area contributed by atoms with Crippen LogP contribution in [0.15, 0.2) is 48.5 Å². The normalized spacial score (nSPS) is 10.8. The van der Waals surface area contributed by atoms with Gasteiger partial charge in [-0.05, 0) is 49.2 Å². The van der Waals surface area contributed by atoms with Crippen LogP contribution in [-0.2, 0) is 4.74 Å². The Hall–Kier alpha value is -3.48. The molecule has 1 aromatic heterocycles. The van der Waals surface area contributed by atoms with Crippen molar-refractivity contribution in [3.63, 3.8) is 0 Å². The molecule has 0 radical (unpaired) electrons. The molecule has 2 N–H and O–H groups in total. The zero-order valence-electron chi connectivity index (χ0n) is 16.5. The molecule has 0 spiro atoms. The number of ether oxygens (including phenoxy) is 1. The maximum Gasteiger partial charge on any atom is 0.411 e. The van der Waals surface area contributed by atoms with Crippen molar-refractivity contribution < 1.29 is 18.7 Å². The molecule has 6 nitrogen and oxygen atoms in total. The number of carbonyl (C=O) groups is 2. The van der Waals surface area contributed by atoms with Gasteiger partial charge < -0.3 is 10.1 Å². The number of rotatable bonds is 5. The minimum atomic E-state index is -0.556. The lowest BCUT2D eigenvalue weighted by Gasteiger charge is -2.11. The molecule has 0 fully saturated rings. The van der Waals surface area contributed by atoms with Crippen LogP contribution in [0.3, 0.4) is 0 Å². The van der Waals surface area contributed by atoms with E-state index in [1.807, 2.05) is 13.8 Å². The average Bonchev–Trinajstić information content (AvgIpc) is 2.65. The third-order valence-electron chi connectivity index (χ3n) is 4.06. The molecule has 2 aromatic carbocycles. The number of nitrogens with one attached hydrogen (secondary N) is 2. The summed E-state index contributed by atoms with van der Waals surface area (Å²) in [5, 5.41) is 5.99. The topological polar surface area (TPSA) is 80.3 Å². The number of benzene rings is 2. The largest absolute Gasteiger partial charge is 0.449 e. The SMILES string of the molecule is Cc1cc(C(=O)Nc2cccc(NC(=O)OCC(C)C)c2)c2ccc(F)cc2n1. The molecule has 0 aliphatic carbocycles. The van der Waals surface area contributed by atoms with Crippen LogP contribution in [0, 0.1) is 18.7 Å². The summed E-state index contributed by atoms with van der Waals surface area (Å²) >= 11 is 0. The number of halogens is 1. The number of hydrogen-bond donors (Lipinski definition) is 2. The number of amides is 2. The Kier molecular flexibility index (Phi) is 6.07. The average molecular weight is 395 g/mol. The van der Waals surface area contributed by atoms with E-state index < -0.39 is 11.9 Å². The van der Waals surface area contributed by atoms with Crippen molar-refractivity contribution in [3.05, 3.63) is 65.6 Å². The Bertz CT molecular complexity index is 1060. The number of nitrogens with zero attached hydrogens (tertiary/aromatic N) is 1. The lowest BCUT2D eigenvalue weighted by Crippen LogP contribution is -2.17. The van der Waals surface area contributed by atoms with Gasteiger partial charge in [0.15, 0.2) is 0 Å². The van der Waals surface area contributed by atoms with E-state index in [1.165, 1.54) is 18.2 Å². The molecule has 3 aromatic rings. The fourth-order valence-corrected chi connectivity index (χ4v) is 2.79. The summed E-state index contributed by atoms with van der Waals surface area (Å²) in [6.45, 7) is 5.95. The molecule has 1 heterocycles. The second kappa shape index (κ2) is 8.68. The van der Waals surface area contributed by atoms with Crippen LogP contribution in [0.25, 0.3) is 10.9 Å². The number of fused-ring (bicyclic) bond motifs is 1. The molecule has 0 atom stereocenters. The van der Waals surface area contributed by atoms with Crippen molar-refractivity contribution in [3.8, 4) is 0 Å². The standard InChI is InChI=1S/C22H22FN3O3/c1-13(2)12-29-22(28)26-17-6-4-5-16(11-17)25-21(27)19-9-14(3)24-20-10-15(23)7-8-18(19)20/h4-11,13H,12H2,1-3H3,(H,25,27)(H,26,28). The summed E-state index contributed by atoms with van der Waals surface area (Å²) in [7, 11) is 0. The van der Waals surface area contributed by atoms with E-state index in [-0.39, 0.29) is 11.8 Å². The zero-order valence-corrected chi connectivity index (χ0v) is 16.5. The van der Waals surface area contributed by atoms with E-state index in [0.29, 0.717) is 40.1 Å². The molecule has 0 aliphatic rings. The Morgan fingerprint density at radius 3 is 2.52 bits per heavy atom. The highest BCUT2D eigenvalue weighted by Gasteiger charge is 2.14. The second-order valence-electron chi connectivity index (χ2n) is 7.12. The molecule has 0 bridgehead atoms. The van der Waals surface area contributed by atoms with Crippen LogP contribution >= 0.6 is 0 Å². The summed E-state index contributed by atoms with van der Waals surface area (Å²) in [4.78, 5) is 28.9. The van der Waals surface area contributed by atoms with E-state index >= 15 is 0 Å². The lowest BCUT2D eigenvalue weighted by atomic mass is 10.1. The highest BCUT2D eigenvalue weighted by Crippen LogP contribution is 2.22.